The number of alkyl carbamates (subject to hydrolysis) is 1. The first-order valence-electron chi connectivity index (χ1n) is 9.09. The summed E-state index contributed by atoms with van der Waals surface area (Å²) in [6.45, 7) is 5.06. The fourth-order valence-electron chi connectivity index (χ4n) is 2.32. The number of amides is 1. The minimum atomic E-state index is -1.05. The third-order valence-corrected chi connectivity index (χ3v) is 3.62. The normalized spacial score (nSPS) is 12.1. The second-order valence-corrected chi connectivity index (χ2v) is 7.26. The van der Waals surface area contributed by atoms with E-state index in [9.17, 15) is 19.8 Å². The molecule has 9 nitrogen and oxygen atoms in total. The van der Waals surface area contributed by atoms with Crippen LogP contribution in [0.2, 0.25) is 0 Å². The average Bonchev–Trinajstić information content (AvgIpc) is 2.96. The summed E-state index contributed by atoms with van der Waals surface area (Å²) in [6.07, 6.45) is -0.755. The number of hydrogen-bond acceptors (Lipinski definition) is 7. The highest BCUT2D eigenvalue weighted by Gasteiger charge is 2.26. The van der Waals surface area contributed by atoms with Crippen molar-refractivity contribution in [2.45, 2.75) is 45.4 Å². The summed E-state index contributed by atoms with van der Waals surface area (Å²) in [5.41, 5.74) is 0.0669. The van der Waals surface area contributed by atoms with Gasteiger partial charge in [-0.2, -0.15) is 0 Å². The largest absolute Gasteiger partial charge is 0.492 e. The van der Waals surface area contributed by atoms with Crippen LogP contribution >= 0.6 is 0 Å². The predicted molar refractivity (Wildman–Crippen MR) is 103 cm³/mol. The molecule has 0 bridgehead atoms. The van der Waals surface area contributed by atoms with Gasteiger partial charge in [-0.3, -0.25) is 0 Å². The Kier molecular flexibility index (Phi) is 7.35. The van der Waals surface area contributed by atoms with E-state index in [1.807, 2.05) is 30.3 Å². The zero-order valence-electron chi connectivity index (χ0n) is 16.6. The summed E-state index contributed by atoms with van der Waals surface area (Å²) in [4.78, 5) is 29.8. The molecule has 0 fully saturated rings. The molecule has 1 aromatic carbocycles. The Bertz CT molecular complexity index is 792. The number of hydrogen-bond donors (Lipinski definition) is 3. The molecule has 0 radical (unpaired) electrons. The van der Waals surface area contributed by atoms with Gasteiger partial charge in [-0.05, 0) is 26.3 Å². The fraction of sp³-hybridized carbons (Fsp3) is 0.400. The summed E-state index contributed by atoms with van der Waals surface area (Å²) in [7, 11) is 0. The molecule has 0 unspecified atom stereocenters. The molecule has 1 amide bonds. The van der Waals surface area contributed by atoms with Gasteiger partial charge in [0.1, 0.15) is 24.9 Å². The quantitative estimate of drug-likeness (QED) is 0.576. The predicted octanol–water partition coefficient (Wildman–Crippen LogP) is 2.35. The standard InChI is InChI=1S/C20H26N2O7/c1-20(2,3)29-19(26)21-15(11-12-28-22-16(23)9-10-17(22)24)18(25)27-13-14-7-5-4-6-8-14/h4-10,15,23-24H,11-13H2,1-3H3,(H,21,26)/t15-/m0/s1. The molecular formula is C20H26N2O7. The van der Waals surface area contributed by atoms with Crippen molar-refractivity contribution >= 4 is 12.1 Å². The number of ether oxygens (including phenoxy) is 2. The van der Waals surface area contributed by atoms with Crippen LogP contribution in [0.4, 0.5) is 4.79 Å². The Morgan fingerprint density at radius 3 is 2.28 bits per heavy atom. The van der Waals surface area contributed by atoms with Crippen LogP contribution in [0, 0.1) is 0 Å². The van der Waals surface area contributed by atoms with Gasteiger partial charge in [0.25, 0.3) is 0 Å². The van der Waals surface area contributed by atoms with Crippen LogP contribution in [0.5, 0.6) is 11.8 Å². The van der Waals surface area contributed by atoms with Crippen molar-refractivity contribution in [3.63, 3.8) is 0 Å². The number of aromatic hydroxyl groups is 2. The molecule has 3 N–H and O–H groups in total. The minimum Gasteiger partial charge on any atom is -0.492 e. The van der Waals surface area contributed by atoms with E-state index in [0.717, 1.165) is 10.3 Å². The molecule has 2 aromatic rings. The molecule has 29 heavy (non-hydrogen) atoms. The van der Waals surface area contributed by atoms with E-state index in [-0.39, 0.29) is 31.4 Å². The summed E-state index contributed by atoms with van der Waals surface area (Å²) in [6, 6.07) is 10.6. The monoisotopic (exact) mass is 406 g/mol. The molecule has 0 saturated carbocycles. The van der Waals surface area contributed by atoms with Gasteiger partial charge < -0.3 is 29.8 Å². The molecule has 1 heterocycles. The number of esters is 1. The lowest BCUT2D eigenvalue weighted by atomic mass is 10.2. The number of rotatable bonds is 8. The van der Waals surface area contributed by atoms with E-state index < -0.39 is 23.7 Å². The Labute approximate surface area is 168 Å². The molecule has 158 valence electrons. The third kappa shape index (κ3) is 7.28. The van der Waals surface area contributed by atoms with Crippen molar-refractivity contribution in [1.29, 1.82) is 0 Å². The van der Waals surface area contributed by atoms with Crippen molar-refractivity contribution in [2.24, 2.45) is 0 Å². The highest BCUT2D eigenvalue weighted by molar-refractivity contribution is 5.81. The zero-order chi connectivity index (χ0) is 21.4. The van der Waals surface area contributed by atoms with Crippen LogP contribution in [0.3, 0.4) is 0 Å². The fourth-order valence-corrected chi connectivity index (χ4v) is 2.32. The van der Waals surface area contributed by atoms with Crippen molar-refractivity contribution in [3.05, 3.63) is 48.0 Å². The molecule has 0 aliphatic heterocycles. The van der Waals surface area contributed by atoms with E-state index in [2.05, 4.69) is 5.32 Å². The number of nitrogens with zero attached hydrogens (tertiary/aromatic N) is 1. The molecule has 1 atom stereocenters. The molecule has 9 heteroatoms. The maximum atomic E-state index is 12.5. The smallest absolute Gasteiger partial charge is 0.408 e. The van der Waals surface area contributed by atoms with Gasteiger partial charge in [0.05, 0.1) is 0 Å². The number of carbonyl (C=O) groups is 2. The minimum absolute atomic E-state index is 0.0178. The Balaban J connectivity index is 1.97. The van der Waals surface area contributed by atoms with Gasteiger partial charge in [-0.15, -0.1) is 4.73 Å². The van der Waals surface area contributed by atoms with Gasteiger partial charge in [-0.25, -0.2) is 9.59 Å². The molecule has 0 aliphatic carbocycles. The molecular weight excluding hydrogens is 380 g/mol. The van der Waals surface area contributed by atoms with Gasteiger partial charge in [0.15, 0.2) is 0 Å². The van der Waals surface area contributed by atoms with Crippen LogP contribution < -0.4 is 10.2 Å². The summed E-state index contributed by atoms with van der Waals surface area (Å²) in [5, 5.41) is 21.6. The van der Waals surface area contributed by atoms with Crippen molar-refractivity contribution in [1.82, 2.24) is 10.0 Å². The second-order valence-electron chi connectivity index (χ2n) is 7.26. The zero-order valence-corrected chi connectivity index (χ0v) is 16.6. The van der Waals surface area contributed by atoms with Crippen molar-refractivity contribution in [3.8, 4) is 11.8 Å². The lowest BCUT2D eigenvalue weighted by molar-refractivity contribution is -0.148. The van der Waals surface area contributed by atoms with Crippen LogP contribution in [-0.2, 0) is 20.9 Å². The first-order chi connectivity index (χ1) is 13.7. The summed E-state index contributed by atoms with van der Waals surface area (Å²) in [5.74, 6) is -1.26. The van der Waals surface area contributed by atoms with Gasteiger partial charge in [-0.1, -0.05) is 30.3 Å². The van der Waals surface area contributed by atoms with E-state index in [1.165, 1.54) is 12.1 Å². The van der Waals surface area contributed by atoms with Gasteiger partial charge in [0, 0.05) is 18.6 Å². The molecule has 0 saturated heterocycles. The first kappa shape index (κ1) is 21.9. The Morgan fingerprint density at radius 2 is 1.69 bits per heavy atom. The van der Waals surface area contributed by atoms with Crippen LogP contribution in [0.15, 0.2) is 42.5 Å². The number of nitrogens with one attached hydrogen (secondary N) is 1. The number of carbonyl (C=O) groups excluding carboxylic acids is 2. The average molecular weight is 406 g/mol. The summed E-state index contributed by atoms with van der Waals surface area (Å²) >= 11 is 0. The maximum Gasteiger partial charge on any atom is 0.408 e. The van der Waals surface area contributed by atoms with E-state index in [0.29, 0.717) is 0 Å². The SMILES string of the molecule is CC(C)(C)OC(=O)N[C@@H](CCOn1c(O)ccc1O)C(=O)OCc1ccccc1. The van der Waals surface area contributed by atoms with Crippen LogP contribution in [-0.4, -0.2) is 45.3 Å². The van der Waals surface area contributed by atoms with E-state index in [4.69, 9.17) is 14.3 Å². The highest BCUT2D eigenvalue weighted by Crippen LogP contribution is 2.18. The highest BCUT2D eigenvalue weighted by atomic mass is 16.7. The lowest BCUT2D eigenvalue weighted by Gasteiger charge is -2.23. The number of benzene rings is 1. The van der Waals surface area contributed by atoms with E-state index >= 15 is 0 Å². The molecule has 1 aromatic heterocycles. The van der Waals surface area contributed by atoms with Crippen molar-refractivity contribution in [2.75, 3.05) is 6.61 Å². The van der Waals surface area contributed by atoms with Crippen LogP contribution in [0.1, 0.15) is 32.8 Å². The maximum absolute atomic E-state index is 12.5. The van der Waals surface area contributed by atoms with Gasteiger partial charge in [0.2, 0.25) is 11.8 Å². The topological polar surface area (TPSA) is 119 Å². The number of aromatic nitrogens is 1. The lowest BCUT2D eigenvalue weighted by Crippen LogP contribution is -2.45. The Morgan fingerprint density at radius 1 is 1.07 bits per heavy atom. The molecule has 0 aliphatic rings. The van der Waals surface area contributed by atoms with Crippen molar-refractivity contribution < 1.29 is 34.1 Å². The molecule has 2 rings (SSSR count). The molecule has 0 spiro atoms. The van der Waals surface area contributed by atoms with Gasteiger partial charge >= 0.3 is 12.1 Å². The second kappa shape index (κ2) is 9.72. The van der Waals surface area contributed by atoms with Crippen LogP contribution in [0.25, 0.3) is 0 Å². The third-order valence-electron chi connectivity index (χ3n) is 3.62. The van der Waals surface area contributed by atoms with E-state index in [1.54, 1.807) is 20.8 Å². The Hall–Kier alpha value is -3.36. The summed E-state index contributed by atoms with van der Waals surface area (Å²) < 4.78 is 11.3. The first-order valence-corrected chi connectivity index (χ1v) is 9.09.